The van der Waals surface area contributed by atoms with Gasteiger partial charge in [-0.1, -0.05) is 29.8 Å². The van der Waals surface area contributed by atoms with Crippen molar-refractivity contribution in [2.24, 2.45) is 5.73 Å². The van der Waals surface area contributed by atoms with Crippen LogP contribution in [0.15, 0.2) is 24.3 Å². The minimum atomic E-state index is -0.647. The number of aryl methyl sites for hydroxylation is 1. The van der Waals surface area contributed by atoms with E-state index in [0.717, 1.165) is 24.2 Å². The number of ether oxygens (including phenoxy) is 1. The number of morpholine rings is 1. The second-order valence-electron chi connectivity index (χ2n) is 6.98. The van der Waals surface area contributed by atoms with Crippen LogP contribution in [-0.4, -0.2) is 85.5 Å². The second-order valence-corrected chi connectivity index (χ2v) is 6.98. The van der Waals surface area contributed by atoms with Gasteiger partial charge in [0.05, 0.1) is 19.8 Å². The number of hydrogen-bond donors (Lipinski definition) is 1. The van der Waals surface area contributed by atoms with E-state index in [-0.39, 0.29) is 11.8 Å². The molecule has 2 fully saturated rings. The first-order valence-corrected chi connectivity index (χ1v) is 9.23. The monoisotopic (exact) mass is 360 g/mol. The normalized spacial score (nSPS) is 20.1. The summed E-state index contributed by atoms with van der Waals surface area (Å²) in [4.78, 5) is 30.8. The quantitative estimate of drug-likeness (QED) is 0.818. The first-order valence-electron chi connectivity index (χ1n) is 9.23. The lowest BCUT2D eigenvalue weighted by Gasteiger charge is -2.37. The molecule has 0 aliphatic carbocycles. The van der Waals surface area contributed by atoms with E-state index in [0.29, 0.717) is 45.9 Å². The van der Waals surface area contributed by atoms with Gasteiger partial charge in [0.25, 0.3) is 0 Å². The van der Waals surface area contributed by atoms with E-state index < -0.39 is 6.04 Å². The van der Waals surface area contributed by atoms with Crippen molar-refractivity contribution in [1.29, 1.82) is 0 Å². The van der Waals surface area contributed by atoms with E-state index in [1.54, 1.807) is 4.90 Å². The highest BCUT2D eigenvalue weighted by molar-refractivity contribution is 5.84. The molecule has 0 aromatic heterocycles. The van der Waals surface area contributed by atoms with E-state index in [2.05, 4.69) is 4.90 Å². The summed E-state index contributed by atoms with van der Waals surface area (Å²) in [6.45, 7) is 7.61. The Morgan fingerprint density at radius 2 is 1.58 bits per heavy atom. The SMILES string of the molecule is Cc1ccc(C(N)C(=O)N2CCN(C(=O)CN3CCOCC3)CC2)cc1. The Morgan fingerprint density at radius 3 is 2.19 bits per heavy atom. The van der Waals surface area contributed by atoms with Gasteiger partial charge in [0.1, 0.15) is 6.04 Å². The maximum absolute atomic E-state index is 12.7. The van der Waals surface area contributed by atoms with Crippen molar-refractivity contribution in [3.63, 3.8) is 0 Å². The van der Waals surface area contributed by atoms with Crippen molar-refractivity contribution in [2.75, 3.05) is 59.0 Å². The zero-order valence-corrected chi connectivity index (χ0v) is 15.4. The molecule has 0 radical (unpaired) electrons. The van der Waals surface area contributed by atoms with Crippen LogP contribution in [-0.2, 0) is 14.3 Å². The van der Waals surface area contributed by atoms with Crippen molar-refractivity contribution in [3.05, 3.63) is 35.4 Å². The molecule has 1 atom stereocenters. The molecule has 0 bridgehead atoms. The van der Waals surface area contributed by atoms with Crippen LogP contribution >= 0.6 is 0 Å². The van der Waals surface area contributed by atoms with Crippen molar-refractivity contribution in [2.45, 2.75) is 13.0 Å². The molecular formula is C19H28N4O3. The molecule has 2 aliphatic heterocycles. The number of carbonyl (C=O) groups excluding carboxylic acids is 2. The van der Waals surface area contributed by atoms with E-state index in [1.165, 1.54) is 0 Å². The molecule has 0 spiro atoms. The molecule has 3 rings (SSSR count). The number of amides is 2. The fourth-order valence-corrected chi connectivity index (χ4v) is 3.34. The average molecular weight is 360 g/mol. The molecule has 0 saturated carbocycles. The lowest BCUT2D eigenvalue weighted by molar-refractivity contribution is -0.141. The molecule has 7 nitrogen and oxygen atoms in total. The zero-order chi connectivity index (χ0) is 18.5. The number of hydrogen-bond acceptors (Lipinski definition) is 5. The summed E-state index contributed by atoms with van der Waals surface area (Å²) in [5, 5.41) is 0. The van der Waals surface area contributed by atoms with Crippen molar-refractivity contribution >= 4 is 11.8 Å². The van der Waals surface area contributed by atoms with Crippen LogP contribution < -0.4 is 5.73 Å². The number of piperazine rings is 1. The summed E-state index contributed by atoms with van der Waals surface area (Å²) in [6.07, 6.45) is 0. The fraction of sp³-hybridized carbons (Fsp3) is 0.579. The van der Waals surface area contributed by atoms with Crippen LogP contribution in [0.5, 0.6) is 0 Å². The number of rotatable bonds is 4. The zero-order valence-electron chi connectivity index (χ0n) is 15.4. The largest absolute Gasteiger partial charge is 0.379 e. The predicted octanol–water partition coefficient (Wildman–Crippen LogP) is -0.00218. The van der Waals surface area contributed by atoms with Gasteiger partial charge in [-0.15, -0.1) is 0 Å². The molecule has 2 aliphatic rings. The Morgan fingerprint density at radius 1 is 1.00 bits per heavy atom. The third kappa shape index (κ3) is 4.60. The summed E-state index contributed by atoms with van der Waals surface area (Å²) in [5.74, 6) is 0.0518. The fourth-order valence-electron chi connectivity index (χ4n) is 3.34. The van der Waals surface area contributed by atoms with E-state index in [4.69, 9.17) is 10.5 Å². The molecule has 2 amide bonds. The molecule has 26 heavy (non-hydrogen) atoms. The smallest absolute Gasteiger partial charge is 0.244 e. The van der Waals surface area contributed by atoms with E-state index in [9.17, 15) is 9.59 Å². The van der Waals surface area contributed by atoms with Gasteiger partial charge in [0.2, 0.25) is 11.8 Å². The Hall–Kier alpha value is -1.96. The summed E-state index contributed by atoms with van der Waals surface area (Å²) in [6, 6.07) is 7.08. The van der Waals surface area contributed by atoms with E-state index in [1.807, 2.05) is 36.1 Å². The van der Waals surface area contributed by atoms with Gasteiger partial charge in [0, 0.05) is 39.3 Å². The average Bonchev–Trinajstić information content (AvgIpc) is 2.68. The van der Waals surface area contributed by atoms with Gasteiger partial charge in [-0.2, -0.15) is 0 Å². The Labute approximate surface area is 154 Å². The van der Waals surface area contributed by atoms with Crippen LogP contribution in [0.4, 0.5) is 0 Å². The van der Waals surface area contributed by atoms with Crippen LogP contribution in [0.2, 0.25) is 0 Å². The van der Waals surface area contributed by atoms with Crippen molar-refractivity contribution < 1.29 is 14.3 Å². The van der Waals surface area contributed by atoms with Crippen LogP contribution in [0.25, 0.3) is 0 Å². The van der Waals surface area contributed by atoms with Gasteiger partial charge in [-0.25, -0.2) is 0 Å². The van der Waals surface area contributed by atoms with E-state index >= 15 is 0 Å². The first kappa shape index (κ1) is 18.8. The van der Waals surface area contributed by atoms with Gasteiger partial charge in [-0.3, -0.25) is 14.5 Å². The third-order valence-electron chi connectivity index (χ3n) is 5.11. The van der Waals surface area contributed by atoms with Gasteiger partial charge < -0.3 is 20.3 Å². The Bertz CT molecular complexity index is 620. The number of nitrogens with two attached hydrogens (primary N) is 1. The first-order chi connectivity index (χ1) is 12.5. The number of nitrogens with zero attached hydrogens (tertiary/aromatic N) is 3. The van der Waals surface area contributed by atoms with Crippen molar-refractivity contribution in [3.8, 4) is 0 Å². The summed E-state index contributed by atoms with van der Waals surface area (Å²) in [5.41, 5.74) is 8.11. The van der Waals surface area contributed by atoms with Gasteiger partial charge in [-0.05, 0) is 12.5 Å². The third-order valence-corrected chi connectivity index (χ3v) is 5.11. The highest BCUT2D eigenvalue weighted by Crippen LogP contribution is 2.16. The molecule has 1 aromatic rings. The highest BCUT2D eigenvalue weighted by Gasteiger charge is 2.28. The molecule has 1 unspecified atom stereocenters. The summed E-state index contributed by atoms with van der Waals surface area (Å²) in [7, 11) is 0. The minimum Gasteiger partial charge on any atom is -0.379 e. The summed E-state index contributed by atoms with van der Waals surface area (Å²) >= 11 is 0. The molecule has 2 heterocycles. The topological polar surface area (TPSA) is 79.1 Å². The molecule has 2 saturated heterocycles. The number of carbonyl (C=O) groups is 2. The second kappa shape index (κ2) is 8.62. The molecular weight excluding hydrogens is 332 g/mol. The molecule has 7 heteroatoms. The lowest BCUT2D eigenvalue weighted by Crippen LogP contribution is -2.54. The highest BCUT2D eigenvalue weighted by atomic mass is 16.5. The standard InChI is InChI=1S/C19H28N4O3/c1-15-2-4-16(5-3-15)18(20)19(25)23-8-6-22(7-9-23)17(24)14-21-10-12-26-13-11-21/h2-5,18H,6-14,20H2,1H3. The van der Waals surface area contributed by atoms with Gasteiger partial charge >= 0.3 is 0 Å². The predicted molar refractivity (Wildman–Crippen MR) is 98.5 cm³/mol. The van der Waals surface area contributed by atoms with Crippen LogP contribution in [0, 0.1) is 6.92 Å². The minimum absolute atomic E-state index is 0.0749. The summed E-state index contributed by atoms with van der Waals surface area (Å²) < 4.78 is 5.31. The molecule has 2 N–H and O–H groups in total. The van der Waals surface area contributed by atoms with Crippen molar-refractivity contribution in [1.82, 2.24) is 14.7 Å². The number of benzene rings is 1. The lowest BCUT2D eigenvalue weighted by atomic mass is 10.0. The maximum Gasteiger partial charge on any atom is 0.244 e. The maximum atomic E-state index is 12.7. The van der Waals surface area contributed by atoms with Gasteiger partial charge in [0.15, 0.2) is 0 Å². The van der Waals surface area contributed by atoms with Crippen LogP contribution in [0.1, 0.15) is 17.2 Å². The molecule has 142 valence electrons. The Balaban J connectivity index is 1.48. The van der Waals surface area contributed by atoms with Crippen LogP contribution in [0.3, 0.4) is 0 Å². The Kier molecular flexibility index (Phi) is 6.24. The molecule has 1 aromatic carbocycles.